The van der Waals surface area contributed by atoms with Crippen molar-refractivity contribution in [1.29, 1.82) is 0 Å². The molecule has 4 rings (SSSR count). The van der Waals surface area contributed by atoms with Crippen molar-refractivity contribution in [2.24, 2.45) is 0 Å². The summed E-state index contributed by atoms with van der Waals surface area (Å²) in [5.74, 6) is 1.08. The number of benzene rings is 1. The molecule has 25 heavy (non-hydrogen) atoms. The second-order valence-corrected chi connectivity index (χ2v) is 7.28. The molecule has 132 valence electrons. The second kappa shape index (κ2) is 6.21. The summed E-state index contributed by atoms with van der Waals surface area (Å²) >= 11 is 0. The van der Waals surface area contributed by atoms with Gasteiger partial charge in [0.25, 0.3) is 0 Å². The van der Waals surface area contributed by atoms with Crippen LogP contribution in [0.4, 0.5) is 5.88 Å². The van der Waals surface area contributed by atoms with Crippen molar-refractivity contribution in [2.75, 3.05) is 18.8 Å². The van der Waals surface area contributed by atoms with Crippen LogP contribution in [0.3, 0.4) is 0 Å². The summed E-state index contributed by atoms with van der Waals surface area (Å²) in [6.07, 6.45) is 4.62. The summed E-state index contributed by atoms with van der Waals surface area (Å²) in [4.78, 5) is 15.2. The molecule has 2 fully saturated rings. The summed E-state index contributed by atoms with van der Waals surface area (Å²) in [5.41, 5.74) is 8.81. The highest BCUT2D eigenvalue weighted by Crippen LogP contribution is 2.50. The van der Waals surface area contributed by atoms with Crippen LogP contribution in [-0.2, 0) is 16.6 Å². The molecule has 5 nitrogen and oxygen atoms in total. The van der Waals surface area contributed by atoms with Gasteiger partial charge in [-0.15, -0.1) is 0 Å². The highest BCUT2D eigenvalue weighted by atomic mass is 16.5. The van der Waals surface area contributed by atoms with Gasteiger partial charge in [-0.05, 0) is 37.7 Å². The zero-order valence-electron chi connectivity index (χ0n) is 14.7. The van der Waals surface area contributed by atoms with Crippen LogP contribution in [0.5, 0.6) is 0 Å². The Labute approximate surface area is 148 Å². The molecular formula is C20H25N3O2. The van der Waals surface area contributed by atoms with E-state index in [0.29, 0.717) is 17.7 Å². The van der Waals surface area contributed by atoms with Gasteiger partial charge in [0.1, 0.15) is 0 Å². The average Bonchev–Trinajstić information content (AvgIpc) is 3.39. The molecule has 2 heterocycles. The van der Waals surface area contributed by atoms with E-state index in [9.17, 15) is 4.79 Å². The lowest BCUT2D eigenvalue weighted by Gasteiger charge is -2.34. The first kappa shape index (κ1) is 16.2. The van der Waals surface area contributed by atoms with E-state index < -0.39 is 0 Å². The Hall–Kier alpha value is -2.30. The Morgan fingerprint density at radius 3 is 2.56 bits per heavy atom. The Kier molecular flexibility index (Phi) is 4.02. The minimum atomic E-state index is -0.263. The fourth-order valence-electron chi connectivity index (χ4n) is 4.18. The smallest absolute Gasteiger partial charge is 0.233 e. The monoisotopic (exact) mass is 339 g/mol. The fourth-order valence-corrected chi connectivity index (χ4v) is 4.18. The molecule has 2 aliphatic rings. The van der Waals surface area contributed by atoms with E-state index >= 15 is 0 Å². The second-order valence-electron chi connectivity index (χ2n) is 7.28. The van der Waals surface area contributed by atoms with E-state index in [1.54, 1.807) is 0 Å². The number of hydrogen-bond acceptors (Lipinski definition) is 4. The molecule has 0 unspecified atom stereocenters. The van der Waals surface area contributed by atoms with Crippen LogP contribution in [0, 0.1) is 0 Å². The Morgan fingerprint density at radius 2 is 1.96 bits per heavy atom. The number of anilines is 1. The average molecular weight is 339 g/mol. The number of hydrogen-bond donors (Lipinski definition) is 1. The van der Waals surface area contributed by atoms with Crippen LogP contribution in [0.1, 0.15) is 55.3 Å². The van der Waals surface area contributed by atoms with E-state index in [0.717, 1.165) is 56.5 Å². The van der Waals surface area contributed by atoms with Gasteiger partial charge in [-0.2, -0.15) is 0 Å². The highest BCUT2D eigenvalue weighted by Gasteiger charge is 2.53. The van der Waals surface area contributed by atoms with Crippen LogP contribution >= 0.6 is 0 Å². The normalized spacial score (nSPS) is 19.8. The number of nitrogen functional groups attached to an aromatic ring is 1. The molecule has 0 radical (unpaired) electrons. The quantitative estimate of drug-likeness (QED) is 0.928. The summed E-state index contributed by atoms with van der Waals surface area (Å²) in [7, 11) is 0. The number of rotatable bonds is 4. The number of piperidine rings is 1. The maximum atomic E-state index is 13.1. The number of carbonyl (C=O) groups excluding carboxylic acids is 1. The van der Waals surface area contributed by atoms with E-state index in [1.807, 2.05) is 23.1 Å². The lowest BCUT2D eigenvalue weighted by Crippen LogP contribution is -2.43. The van der Waals surface area contributed by atoms with Gasteiger partial charge in [0.15, 0.2) is 0 Å². The summed E-state index contributed by atoms with van der Waals surface area (Å²) < 4.78 is 5.18. The zero-order chi connectivity index (χ0) is 17.4. The largest absolute Gasteiger partial charge is 0.367 e. The predicted octanol–water partition coefficient (Wildman–Crippen LogP) is 3.26. The van der Waals surface area contributed by atoms with Crippen molar-refractivity contribution in [3.63, 3.8) is 0 Å². The first-order valence-corrected chi connectivity index (χ1v) is 9.24. The van der Waals surface area contributed by atoms with Crippen molar-refractivity contribution < 1.29 is 9.32 Å². The Balaban J connectivity index is 1.45. The molecule has 1 aliphatic carbocycles. The summed E-state index contributed by atoms with van der Waals surface area (Å²) in [6, 6.07) is 10.2. The molecule has 1 amide bonds. The summed E-state index contributed by atoms with van der Waals surface area (Å²) in [5, 5.41) is 4.19. The molecule has 1 saturated carbocycles. The van der Waals surface area contributed by atoms with E-state index in [-0.39, 0.29) is 5.41 Å². The van der Waals surface area contributed by atoms with Crippen molar-refractivity contribution in [1.82, 2.24) is 10.1 Å². The van der Waals surface area contributed by atoms with Gasteiger partial charge in [0.05, 0.1) is 11.1 Å². The molecule has 2 N–H and O–H groups in total. The van der Waals surface area contributed by atoms with Crippen LogP contribution in [0.15, 0.2) is 34.9 Å². The maximum absolute atomic E-state index is 13.1. The van der Waals surface area contributed by atoms with Gasteiger partial charge in [-0.3, -0.25) is 4.79 Å². The van der Waals surface area contributed by atoms with E-state index in [4.69, 9.17) is 10.3 Å². The number of nitrogens with two attached hydrogens (primary N) is 1. The molecular weight excluding hydrogens is 314 g/mol. The minimum Gasteiger partial charge on any atom is -0.367 e. The van der Waals surface area contributed by atoms with Crippen molar-refractivity contribution >= 4 is 11.8 Å². The van der Waals surface area contributed by atoms with Gasteiger partial charge in [-0.25, -0.2) is 0 Å². The van der Waals surface area contributed by atoms with Crippen LogP contribution in [-0.4, -0.2) is 29.1 Å². The third kappa shape index (κ3) is 2.71. The lowest BCUT2D eigenvalue weighted by molar-refractivity contribution is -0.135. The topological polar surface area (TPSA) is 72.4 Å². The van der Waals surface area contributed by atoms with Crippen LogP contribution < -0.4 is 5.73 Å². The minimum absolute atomic E-state index is 0.263. The van der Waals surface area contributed by atoms with Crippen LogP contribution in [0.25, 0.3) is 0 Å². The first-order chi connectivity index (χ1) is 12.2. The van der Waals surface area contributed by atoms with Crippen molar-refractivity contribution in [3.8, 4) is 0 Å². The van der Waals surface area contributed by atoms with Crippen molar-refractivity contribution in [2.45, 2.75) is 50.4 Å². The SMILES string of the molecule is CCc1c(C2CCN(C(=O)C3(c4ccccc4)CC3)CC2)noc1N. The first-order valence-electron chi connectivity index (χ1n) is 9.24. The molecule has 1 saturated heterocycles. The number of carbonyl (C=O) groups is 1. The highest BCUT2D eigenvalue weighted by molar-refractivity contribution is 5.91. The fraction of sp³-hybridized carbons (Fsp3) is 0.500. The number of aromatic nitrogens is 1. The van der Waals surface area contributed by atoms with Gasteiger partial charge in [0, 0.05) is 24.6 Å². The van der Waals surface area contributed by atoms with Gasteiger partial charge < -0.3 is 15.2 Å². The van der Waals surface area contributed by atoms with E-state index in [1.165, 1.54) is 5.56 Å². The molecule has 5 heteroatoms. The standard InChI is InChI=1S/C20H25N3O2/c1-2-16-17(22-25-18(16)21)14-8-12-23(13-9-14)19(24)20(10-11-20)15-6-4-3-5-7-15/h3-7,14H,2,8-13,21H2,1H3. The predicted molar refractivity (Wildman–Crippen MR) is 96.2 cm³/mol. The van der Waals surface area contributed by atoms with Gasteiger partial charge >= 0.3 is 0 Å². The molecule has 1 aromatic carbocycles. The van der Waals surface area contributed by atoms with E-state index in [2.05, 4.69) is 24.2 Å². The summed E-state index contributed by atoms with van der Waals surface area (Å²) in [6.45, 7) is 3.64. The molecule has 1 aromatic heterocycles. The maximum Gasteiger partial charge on any atom is 0.233 e. The van der Waals surface area contributed by atoms with Gasteiger partial charge in [0.2, 0.25) is 11.8 Å². The third-order valence-electron chi connectivity index (χ3n) is 5.86. The zero-order valence-corrected chi connectivity index (χ0v) is 14.7. The Bertz CT molecular complexity index is 757. The molecule has 0 spiro atoms. The molecule has 0 bridgehead atoms. The Morgan fingerprint density at radius 1 is 1.28 bits per heavy atom. The number of nitrogens with zero attached hydrogens (tertiary/aromatic N) is 2. The lowest BCUT2D eigenvalue weighted by atomic mass is 9.88. The number of amides is 1. The van der Waals surface area contributed by atoms with Gasteiger partial charge in [-0.1, -0.05) is 42.4 Å². The molecule has 0 atom stereocenters. The number of likely N-dealkylation sites (tertiary alicyclic amines) is 1. The van der Waals surface area contributed by atoms with Crippen LogP contribution in [0.2, 0.25) is 0 Å². The molecule has 2 aromatic rings. The third-order valence-corrected chi connectivity index (χ3v) is 5.86. The molecule has 1 aliphatic heterocycles. The van der Waals surface area contributed by atoms with Crippen molar-refractivity contribution in [3.05, 3.63) is 47.2 Å².